The minimum Gasteiger partial charge on any atom is -0.337 e. The molecular formula is C16H17N5O2. The van der Waals surface area contributed by atoms with Crippen LogP contribution in [0.25, 0.3) is 11.4 Å². The molecule has 0 saturated carbocycles. The molecule has 3 heterocycles. The predicted molar refractivity (Wildman–Crippen MR) is 82.7 cm³/mol. The maximum atomic E-state index is 5.50. The third kappa shape index (κ3) is 2.58. The summed E-state index contributed by atoms with van der Waals surface area (Å²) in [5, 5.41) is 8.16. The van der Waals surface area contributed by atoms with Gasteiger partial charge in [0.05, 0.1) is 0 Å². The Kier molecular flexibility index (Phi) is 3.53. The van der Waals surface area contributed by atoms with Gasteiger partial charge in [-0.05, 0) is 18.0 Å². The monoisotopic (exact) mass is 311 g/mol. The molecule has 1 fully saturated rings. The van der Waals surface area contributed by atoms with Crippen molar-refractivity contribution in [1.29, 1.82) is 0 Å². The Balaban J connectivity index is 1.61. The third-order valence-electron chi connectivity index (χ3n) is 4.03. The van der Waals surface area contributed by atoms with Gasteiger partial charge < -0.3 is 13.9 Å². The van der Waals surface area contributed by atoms with Gasteiger partial charge in [-0.1, -0.05) is 42.4 Å². The lowest BCUT2D eigenvalue weighted by atomic mass is 10.2. The molecule has 1 aliphatic heterocycles. The first-order valence-corrected chi connectivity index (χ1v) is 7.83. The summed E-state index contributed by atoms with van der Waals surface area (Å²) < 4.78 is 10.7. The minimum absolute atomic E-state index is 0.00210. The lowest BCUT2D eigenvalue weighted by Gasteiger charge is -2.18. The van der Waals surface area contributed by atoms with Crippen molar-refractivity contribution in [3.8, 4) is 11.4 Å². The highest BCUT2D eigenvalue weighted by Crippen LogP contribution is 2.34. The summed E-state index contributed by atoms with van der Waals surface area (Å²) in [5.41, 5.74) is 0.944. The number of aromatic nitrogens is 4. The van der Waals surface area contributed by atoms with Crippen LogP contribution in [0.3, 0.4) is 0 Å². The molecule has 1 saturated heterocycles. The highest BCUT2D eigenvalue weighted by Gasteiger charge is 2.33. The molecule has 23 heavy (non-hydrogen) atoms. The predicted octanol–water partition coefficient (Wildman–Crippen LogP) is 3.02. The summed E-state index contributed by atoms with van der Waals surface area (Å²) >= 11 is 0. The van der Waals surface area contributed by atoms with E-state index in [2.05, 4.69) is 25.2 Å². The van der Waals surface area contributed by atoms with Crippen LogP contribution in [0.15, 0.2) is 39.4 Å². The molecule has 0 spiro atoms. The van der Waals surface area contributed by atoms with Crippen molar-refractivity contribution in [1.82, 2.24) is 20.3 Å². The van der Waals surface area contributed by atoms with Gasteiger partial charge in [-0.2, -0.15) is 9.97 Å². The number of aryl methyl sites for hydroxylation is 1. The van der Waals surface area contributed by atoms with Gasteiger partial charge in [-0.3, -0.25) is 0 Å². The second kappa shape index (κ2) is 5.83. The first kappa shape index (κ1) is 13.9. The largest absolute Gasteiger partial charge is 0.337 e. The normalized spacial score (nSPS) is 17.8. The van der Waals surface area contributed by atoms with E-state index >= 15 is 0 Å². The van der Waals surface area contributed by atoms with Crippen LogP contribution in [0.2, 0.25) is 0 Å². The maximum absolute atomic E-state index is 5.50. The molecule has 0 bridgehead atoms. The summed E-state index contributed by atoms with van der Waals surface area (Å²) in [4.78, 5) is 11.0. The number of benzene rings is 1. The molecule has 1 aromatic carbocycles. The van der Waals surface area contributed by atoms with Crippen molar-refractivity contribution >= 4 is 5.95 Å². The van der Waals surface area contributed by atoms with Gasteiger partial charge in [0, 0.05) is 18.5 Å². The van der Waals surface area contributed by atoms with E-state index in [1.54, 1.807) is 0 Å². The van der Waals surface area contributed by atoms with Crippen molar-refractivity contribution in [2.75, 3.05) is 11.4 Å². The molecule has 7 heteroatoms. The average molecular weight is 311 g/mol. The van der Waals surface area contributed by atoms with E-state index in [1.165, 1.54) is 0 Å². The second-order valence-corrected chi connectivity index (χ2v) is 5.52. The molecule has 0 unspecified atom stereocenters. The van der Waals surface area contributed by atoms with E-state index < -0.39 is 0 Å². The molecule has 2 aromatic heterocycles. The van der Waals surface area contributed by atoms with Crippen molar-refractivity contribution in [3.05, 3.63) is 42.1 Å². The van der Waals surface area contributed by atoms with Crippen molar-refractivity contribution in [3.63, 3.8) is 0 Å². The number of nitrogens with zero attached hydrogens (tertiary/aromatic N) is 5. The van der Waals surface area contributed by atoms with E-state index in [9.17, 15) is 0 Å². The summed E-state index contributed by atoms with van der Waals surface area (Å²) in [7, 11) is 0. The molecule has 4 rings (SSSR count). The highest BCUT2D eigenvalue weighted by atomic mass is 16.5. The van der Waals surface area contributed by atoms with Gasteiger partial charge >= 0.3 is 0 Å². The SMILES string of the molecule is CCc1nc(N2CCC[C@H]2c2nc(-c3ccccc3)no2)no1. The number of anilines is 1. The lowest BCUT2D eigenvalue weighted by molar-refractivity contribution is 0.351. The van der Waals surface area contributed by atoms with E-state index in [0.29, 0.717) is 23.6 Å². The first-order valence-electron chi connectivity index (χ1n) is 7.83. The summed E-state index contributed by atoms with van der Waals surface area (Å²) in [6.07, 6.45) is 2.69. The van der Waals surface area contributed by atoms with Crippen LogP contribution in [-0.2, 0) is 6.42 Å². The summed E-state index contributed by atoms with van der Waals surface area (Å²) in [6.45, 7) is 2.85. The standard InChI is InChI=1S/C16H17N5O2/c1-2-13-17-16(20-22-13)21-10-6-9-12(21)15-18-14(19-23-15)11-7-4-3-5-8-11/h3-5,7-8,12H,2,6,9-10H2,1H3/t12-/m0/s1. The Bertz CT molecular complexity index is 783. The number of hydrogen-bond acceptors (Lipinski definition) is 7. The average Bonchev–Trinajstić information content (AvgIpc) is 3.33. The van der Waals surface area contributed by atoms with E-state index in [-0.39, 0.29) is 6.04 Å². The fourth-order valence-electron chi connectivity index (χ4n) is 2.84. The lowest BCUT2D eigenvalue weighted by Crippen LogP contribution is -2.24. The van der Waals surface area contributed by atoms with Crippen LogP contribution >= 0.6 is 0 Å². The van der Waals surface area contributed by atoms with Gasteiger partial charge in [-0.15, -0.1) is 0 Å². The van der Waals surface area contributed by atoms with Crippen LogP contribution in [0, 0.1) is 0 Å². The molecule has 0 aliphatic carbocycles. The summed E-state index contributed by atoms with van der Waals surface area (Å²) in [6, 6.07) is 9.81. The zero-order valence-electron chi connectivity index (χ0n) is 12.8. The Morgan fingerprint density at radius 1 is 1.13 bits per heavy atom. The molecule has 1 aliphatic rings. The van der Waals surface area contributed by atoms with Gasteiger partial charge in [0.15, 0.2) is 0 Å². The fourth-order valence-corrected chi connectivity index (χ4v) is 2.84. The Morgan fingerprint density at radius 2 is 2.00 bits per heavy atom. The molecule has 0 N–H and O–H groups in total. The maximum Gasteiger partial charge on any atom is 0.266 e. The number of hydrogen-bond donors (Lipinski definition) is 0. The van der Waals surface area contributed by atoms with E-state index in [1.807, 2.05) is 37.3 Å². The molecule has 7 nitrogen and oxygen atoms in total. The minimum atomic E-state index is 0.00210. The quantitative estimate of drug-likeness (QED) is 0.732. The summed E-state index contributed by atoms with van der Waals surface area (Å²) in [5.74, 6) is 2.45. The van der Waals surface area contributed by atoms with Crippen molar-refractivity contribution < 1.29 is 9.05 Å². The molecule has 0 radical (unpaired) electrons. The highest BCUT2D eigenvalue weighted by molar-refractivity contribution is 5.53. The first-order chi connectivity index (χ1) is 11.3. The van der Waals surface area contributed by atoms with Crippen LogP contribution in [0.1, 0.15) is 37.6 Å². The molecule has 0 amide bonds. The van der Waals surface area contributed by atoms with Crippen LogP contribution in [-0.4, -0.2) is 26.8 Å². The fraction of sp³-hybridized carbons (Fsp3) is 0.375. The van der Waals surface area contributed by atoms with E-state index in [0.717, 1.165) is 31.4 Å². The Morgan fingerprint density at radius 3 is 2.78 bits per heavy atom. The topological polar surface area (TPSA) is 81.1 Å². The second-order valence-electron chi connectivity index (χ2n) is 5.52. The van der Waals surface area contributed by atoms with Gasteiger partial charge in [0.2, 0.25) is 17.6 Å². The Labute approximate surface area is 133 Å². The van der Waals surface area contributed by atoms with E-state index in [4.69, 9.17) is 9.05 Å². The van der Waals surface area contributed by atoms with Gasteiger partial charge in [0.25, 0.3) is 5.95 Å². The van der Waals surface area contributed by atoms with Crippen LogP contribution in [0.4, 0.5) is 5.95 Å². The molecule has 3 aromatic rings. The van der Waals surface area contributed by atoms with Crippen molar-refractivity contribution in [2.45, 2.75) is 32.2 Å². The smallest absolute Gasteiger partial charge is 0.266 e. The van der Waals surface area contributed by atoms with Gasteiger partial charge in [-0.25, -0.2) is 0 Å². The number of rotatable bonds is 4. The Hall–Kier alpha value is -2.70. The third-order valence-corrected chi connectivity index (χ3v) is 4.03. The van der Waals surface area contributed by atoms with Crippen LogP contribution in [0.5, 0.6) is 0 Å². The molecule has 118 valence electrons. The molecular weight excluding hydrogens is 294 g/mol. The molecule has 1 atom stereocenters. The van der Waals surface area contributed by atoms with Crippen molar-refractivity contribution in [2.24, 2.45) is 0 Å². The zero-order chi connectivity index (χ0) is 15.6. The zero-order valence-corrected chi connectivity index (χ0v) is 12.8. The van der Waals surface area contributed by atoms with Gasteiger partial charge in [0.1, 0.15) is 6.04 Å². The van der Waals surface area contributed by atoms with Crippen LogP contribution < -0.4 is 4.90 Å².